The van der Waals surface area contributed by atoms with E-state index in [1.165, 1.54) is 6.92 Å². The van der Waals surface area contributed by atoms with E-state index in [9.17, 15) is 27.2 Å². The molecule has 2 N–H and O–H groups in total. The molecule has 1 aromatic rings. The summed E-state index contributed by atoms with van der Waals surface area (Å²) in [5.74, 6) is -3.14. The van der Waals surface area contributed by atoms with Crippen molar-refractivity contribution in [2.75, 3.05) is 6.54 Å². The lowest BCUT2D eigenvalue weighted by Gasteiger charge is -2.12. The van der Waals surface area contributed by atoms with Gasteiger partial charge in [0, 0.05) is 6.54 Å². The zero-order valence-corrected chi connectivity index (χ0v) is 10.9. The van der Waals surface area contributed by atoms with E-state index in [0.29, 0.717) is 12.1 Å². The molecule has 116 valence electrons. The number of amides is 1. The Balaban J connectivity index is 2.68. The van der Waals surface area contributed by atoms with Crippen molar-refractivity contribution in [1.29, 1.82) is 0 Å². The standard InChI is InChI=1S/C13H13F4NO3/c1-7(12(20)21)6-18-11(19)10(14)8-2-4-9(5-3-8)13(15,16)17/h2-5,7,10H,6H2,1H3,(H,18,19)(H,20,21). The van der Waals surface area contributed by atoms with Gasteiger partial charge in [-0.15, -0.1) is 0 Å². The Labute approximate surface area is 117 Å². The number of benzene rings is 1. The van der Waals surface area contributed by atoms with Gasteiger partial charge in [-0.25, -0.2) is 4.39 Å². The van der Waals surface area contributed by atoms with E-state index in [1.54, 1.807) is 0 Å². The molecule has 0 heterocycles. The quantitative estimate of drug-likeness (QED) is 0.822. The molecule has 0 radical (unpaired) electrons. The van der Waals surface area contributed by atoms with Crippen LogP contribution in [0.25, 0.3) is 0 Å². The fourth-order valence-corrected chi connectivity index (χ4v) is 1.42. The first-order valence-corrected chi connectivity index (χ1v) is 5.94. The highest BCUT2D eigenvalue weighted by atomic mass is 19.4. The topological polar surface area (TPSA) is 66.4 Å². The number of carbonyl (C=O) groups excluding carboxylic acids is 1. The van der Waals surface area contributed by atoms with Crippen LogP contribution < -0.4 is 5.32 Å². The first kappa shape index (κ1) is 16.9. The van der Waals surface area contributed by atoms with Gasteiger partial charge in [-0.2, -0.15) is 13.2 Å². The van der Waals surface area contributed by atoms with Gasteiger partial charge >= 0.3 is 12.1 Å². The van der Waals surface area contributed by atoms with Gasteiger partial charge in [-0.3, -0.25) is 9.59 Å². The maximum Gasteiger partial charge on any atom is 0.416 e. The van der Waals surface area contributed by atoms with Crippen LogP contribution in [0.3, 0.4) is 0 Å². The number of aliphatic carboxylic acids is 1. The highest BCUT2D eigenvalue weighted by Crippen LogP contribution is 2.30. The van der Waals surface area contributed by atoms with E-state index < -0.39 is 35.7 Å². The second-order valence-electron chi connectivity index (χ2n) is 4.47. The summed E-state index contributed by atoms with van der Waals surface area (Å²) in [4.78, 5) is 22.0. The summed E-state index contributed by atoms with van der Waals surface area (Å²) in [6.07, 6.45) is -6.70. The van der Waals surface area contributed by atoms with Gasteiger partial charge in [0.25, 0.3) is 5.91 Å². The maximum atomic E-state index is 13.8. The van der Waals surface area contributed by atoms with Crippen molar-refractivity contribution in [1.82, 2.24) is 5.32 Å². The van der Waals surface area contributed by atoms with Crippen LogP contribution in [0.2, 0.25) is 0 Å². The van der Waals surface area contributed by atoms with Gasteiger partial charge in [0.2, 0.25) is 6.17 Å². The van der Waals surface area contributed by atoms with E-state index in [0.717, 1.165) is 12.1 Å². The van der Waals surface area contributed by atoms with Crippen molar-refractivity contribution in [3.63, 3.8) is 0 Å². The van der Waals surface area contributed by atoms with Crippen molar-refractivity contribution >= 4 is 11.9 Å². The number of carbonyl (C=O) groups is 2. The van der Waals surface area contributed by atoms with Crippen molar-refractivity contribution in [3.05, 3.63) is 35.4 Å². The van der Waals surface area contributed by atoms with E-state index in [1.807, 2.05) is 0 Å². The minimum absolute atomic E-state index is 0.233. The lowest BCUT2D eigenvalue weighted by atomic mass is 10.1. The van der Waals surface area contributed by atoms with Gasteiger partial charge in [-0.05, 0) is 17.7 Å². The third-order valence-corrected chi connectivity index (χ3v) is 2.76. The Morgan fingerprint density at radius 2 is 1.76 bits per heavy atom. The van der Waals surface area contributed by atoms with E-state index in [-0.39, 0.29) is 12.1 Å². The van der Waals surface area contributed by atoms with Crippen molar-refractivity contribution < 1.29 is 32.3 Å². The largest absolute Gasteiger partial charge is 0.481 e. The van der Waals surface area contributed by atoms with Gasteiger partial charge in [0.15, 0.2) is 0 Å². The summed E-state index contributed by atoms with van der Waals surface area (Å²) in [5, 5.41) is 10.7. The predicted octanol–water partition coefficient (Wildman–Crippen LogP) is 2.55. The Hall–Kier alpha value is -2.12. The number of alkyl halides is 4. The summed E-state index contributed by atoms with van der Waals surface area (Å²) in [6, 6.07) is 3.09. The third kappa shape index (κ3) is 4.73. The molecule has 0 aliphatic heterocycles. The molecule has 1 rings (SSSR count). The number of halogens is 4. The first-order valence-electron chi connectivity index (χ1n) is 5.94. The van der Waals surface area contributed by atoms with Crippen molar-refractivity contribution in [2.24, 2.45) is 5.92 Å². The second-order valence-corrected chi connectivity index (χ2v) is 4.47. The Kier molecular flexibility index (Phi) is 5.28. The van der Waals surface area contributed by atoms with Crippen LogP contribution in [-0.4, -0.2) is 23.5 Å². The lowest BCUT2D eigenvalue weighted by molar-refractivity contribution is -0.141. The molecule has 0 spiro atoms. The zero-order chi connectivity index (χ0) is 16.2. The van der Waals surface area contributed by atoms with Gasteiger partial charge in [0.1, 0.15) is 0 Å². The highest BCUT2D eigenvalue weighted by molar-refractivity contribution is 5.82. The summed E-state index contributed by atoms with van der Waals surface area (Å²) in [7, 11) is 0. The van der Waals surface area contributed by atoms with E-state index >= 15 is 0 Å². The molecule has 1 aromatic carbocycles. The third-order valence-electron chi connectivity index (χ3n) is 2.76. The SMILES string of the molecule is CC(CNC(=O)C(F)c1ccc(C(F)(F)F)cc1)C(=O)O. The summed E-state index contributed by atoms with van der Waals surface area (Å²) in [5.41, 5.74) is -1.18. The number of hydrogen-bond acceptors (Lipinski definition) is 2. The maximum absolute atomic E-state index is 13.8. The van der Waals surface area contributed by atoms with Crippen LogP contribution in [0.4, 0.5) is 17.6 Å². The Morgan fingerprint density at radius 3 is 2.19 bits per heavy atom. The lowest BCUT2D eigenvalue weighted by Crippen LogP contribution is -2.33. The molecule has 1 amide bonds. The fraction of sp³-hybridized carbons (Fsp3) is 0.385. The molecule has 8 heteroatoms. The van der Waals surface area contributed by atoms with Gasteiger partial charge in [0.05, 0.1) is 11.5 Å². The van der Waals surface area contributed by atoms with Crippen LogP contribution >= 0.6 is 0 Å². The van der Waals surface area contributed by atoms with Crippen LogP contribution in [-0.2, 0) is 15.8 Å². The molecule has 0 aromatic heterocycles. The molecule has 0 fully saturated rings. The van der Waals surface area contributed by atoms with Crippen LogP contribution in [0.15, 0.2) is 24.3 Å². The minimum atomic E-state index is -4.54. The number of carboxylic acids is 1. The zero-order valence-electron chi connectivity index (χ0n) is 10.9. The van der Waals surface area contributed by atoms with Gasteiger partial charge < -0.3 is 10.4 Å². The normalized spacial score (nSPS) is 14.3. The first-order chi connectivity index (χ1) is 9.62. The van der Waals surface area contributed by atoms with Crippen LogP contribution in [0.1, 0.15) is 24.2 Å². The monoisotopic (exact) mass is 307 g/mol. The average molecular weight is 307 g/mol. The molecule has 2 atom stereocenters. The summed E-state index contributed by atoms with van der Waals surface area (Å²) < 4.78 is 50.8. The summed E-state index contributed by atoms with van der Waals surface area (Å²) >= 11 is 0. The predicted molar refractivity (Wildman–Crippen MR) is 65.1 cm³/mol. The fourth-order valence-electron chi connectivity index (χ4n) is 1.42. The number of hydrogen-bond donors (Lipinski definition) is 2. The van der Waals surface area contributed by atoms with Crippen molar-refractivity contribution in [3.8, 4) is 0 Å². The smallest absolute Gasteiger partial charge is 0.416 e. The number of carboxylic acid groups (broad SMARTS) is 1. The molecule has 21 heavy (non-hydrogen) atoms. The molecule has 0 saturated carbocycles. The summed E-state index contributed by atoms with van der Waals surface area (Å²) in [6.45, 7) is 1.06. The molecule has 0 bridgehead atoms. The Morgan fingerprint density at radius 1 is 1.24 bits per heavy atom. The second kappa shape index (κ2) is 6.55. The molecule has 2 unspecified atom stereocenters. The molecular formula is C13H13F4NO3. The Bertz CT molecular complexity index is 513. The molecule has 0 saturated heterocycles. The van der Waals surface area contributed by atoms with E-state index in [2.05, 4.69) is 5.32 Å². The van der Waals surface area contributed by atoms with Crippen LogP contribution in [0, 0.1) is 5.92 Å². The molecule has 4 nitrogen and oxygen atoms in total. The minimum Gasteiger partial charge on any atom is -0.481 e. The van der Waals surface area contributed by atoms with E-state index in [4.69, 9.17) is 5.11 Å². The molecule has 0 aliphatic rings. The molecular weight excluding hydrogens is 294 g/mol. The molecule has 0 aliphatic carbocycles. The van der Waals surface area contributed by atoms with Crippen molar-refractivity contribution in [2.45, 2.75) is 19.3 Å². The highest BCUT2D eigenvalue weighted by Gasteiger charge is 2.30. The van der Waals surface area contributed by atoms with Crippen LogP contribution in [0.5, 0.6) is 0 Å². The average Bonchev–Trinajstić information content (AvgIpc) is 2.42. The van der Waals surface area contributed by atoms with Gasteiger partial charge in [-0.1, -0.05) is 19.1 Å². The number of rotatable bonds is 5. The number of nitrogens with one attached hydrogen (secondary N) is 1.